The lowest BCUT2D eigenvalue weighted by molar-refractivity contribution is -0.384. The number of nitro benzene ring substituents is 1. The summed E-state index contributed by atoms with van der Waals surface area (Å²) in [5.74, 6) is 0. The minimum Gasteiger partial charge on any atom is -0.258 e. The Bertz CT molecular complexity index is 615. The monoisotopic (exact) mass is 468 g/mol. The van der Waals surface area contributed by atoms with Crippen molar-refractivity contribution in [3.05, 3.63) is 39.9 Å². The van der Waals surface area contributed by atoms with E-state index in [4.69, 9.17) is 36.8 Å². The Labute approximate surface area is 182 Å². The molecular formula is C18H29Cl2N3O5P+. The molecule has 0 aliphatic heterocycles. The van der Waals surface area contributed by atoms with Crippen LogP contribution in [-0.4, -0.2) is 30.2 Å². The quantitative estimate of drug-likeness (QED) is 0.0674. The van der Waals surface area contributed by atoms with Gasteiger partial charge in [-0.25, -0.2) is 0 Å². The van der Waals surface area contributed by atoms with Gasteiger partial charge in [0.1, 0.15) is 5.50 Å². The third-order valence-corrected chi connectivity index (χ3v) is 6.07. The number of non-ortho nitro benzene ring substituents is 1. The number of hydrogen-bond acceptors (Lipinski definition) is 7. The summed E-state index contributed by atoms with van der Waals surface area (Å²) in [6.45, 7) is 7.27. The number of alkyl halides is 2. The molecule has 0 heterocycles. The number of benzene rings is 1. The van der Waals surface area contributed by atoms with E-state index in [1.807, 2.05) is 20.8 Å². The highest BCUT2D eigenvalue weighted by Crippen LogP contribution is 2.64. The van der Waals surface area contributed by atoms with E-state index in [0.717, 1.165) is 19.3 Å². The van der Waals surface area contributed by atoms with E-state index < -0.39 is 23.9 Å². The van der Waals surface area contributed by atoms with Crippen molar-refractivity contribution >= 4 is 37.0 Å². The summed E-state index contributed by atoms with van der Waals surface area (Å²) in [5.41, 5.74) is -0.0119. The lowest BCUT2D eigenvalue weighted by atomic mass is 10.1. The summed E-state index contributed by atoms with van der Waals surface area (Å²) < 4.78 is 17.4. The molecule has 0 N–H and O–H groups in total. The second-order valence-corrected chi connectivity index (χ2v) is 9.08. The topological polar surface area (TPSA) is 95.6 Å². The molecule has 0 fully saturated rings. The van der Waals surface area contributed by atoms with E-state index in [1.54, 1.807) is 12.1 Å². The van der Waals surface area contributed by atoms with Gasteiger partial charge in [-0.3, -0.25) is 10.1 Å². The SMILES string of the molecule is CCCO[P+](N=NC(Cl)CC(Cl)c1ccc([N+](=O)[O-])cc1)(OCCC)OCCC. The van der Waals surface area contributed by atoms with Gasteiger partial charge in [-0.15, -0.1) is 16.7 Å². The first-order chi connectivity index (χ1) is 13.9. The van der Waals surface area contributed by atoms with Gasteiger partial charge in [-0.05, 0) is 24.8 Å². The Morgan fingerprint density at radius 3 is 1.90 bits per heavy atom. The molecule has 2 unspecified atom stereocenters. The van der Waals surface area contributed by atoms with Gasteiger partial charge in [0, 0.05) is 18.6 Å². The molecule has 2 atom stereocenters. The standard InChI is InChI=1S/C18H29Cl2N3O5P/c1-4-11-26-29(27-12-5-2,28-13-6-3)22-21-18(20)14-17(19)15-7-9-16(10-8-15)23(24)25/h7-10,17-18H,4-6,11-14H2,1-3H3/q+1. The molecule has 0 radical (unpaired) electrons. The Balaban J connectivity index is 2.82. The molecule has 164 valence electrons. The molecule has 0 aliphatic carbocycles. The van der Waals surface area contributed by atoms with E-state index in [2.05, 4.69) is 10.00 Å². The van der Waals surface area contributed by atoms with Crippen LogP contribution in [0, 0.1) is 10.1 Å². The molecule has 0 saturated heterocycles. The molecule has 0 saturated carbocycles. The molecule has 1 rings (SSSR count). The molecule has 0 spiro atoms. The van der Waals surface area contributed by atoms with Crippen molar-refractivity contribution in [2.75, 3.05) is 19.8 Å². The summed E-state index contributed by atoms with van der Waals surface area (Å²) >= 11 is 12.7. The van der Waals surface area contributed by atoms with E-state index in [9.17, 15) is 10.1 Å². The van der Waals surface area contributed by atoms with E-state index in [1.165, 1.54) is 12.1 Å². The van der Waals surface area contributed by atoms with Gasteiger partial charge in [0.15, 0.2) is 0 Å². The van der Waals surface area contributed by atoms with Gasteiger partial charge in [0.2, 0.25) is 0 Å². The minimum atomic E-state index is -2.98. The van der Waals surface area contributed by atoms with Crippen LogP contribution in [0.3, 0.4) is 0 Å². The van der Waals surface area contributed by atoms with E-state index in [-0.39, 0.29) is 12.1 Å². The van der Waals surface area contributed by atoms with Crippen molar-refractivity contribution in [3.8, 4) is 0 Å². The van der Waals surface area contributed by atoms with Crippen LogP contribution in [0.2, 0.25) is 0 Å². The van der Waals surface area contributed by atoms with Gasteiger partial charge in [-0.1, -0.05) is 44.5 Å². The number of hydrogen-bond donors (Lipinski definition) is 0. The predicted octanol–water partition coefficient (Wildman–Crippen LogP) is 7.24. The maximum Gasteiger partial charge on any atom is 0.572 e. The molecule has 0 bridgehead atoms. The van der Waals surface area contributed by atoms with Crippen LogP contribution in [0.25, 0.3) is 0 Å². The molecule has 0 amide bonds. The molecule has 8 nitrogen and oxygen atoms in total. The van der Waals surface area contributed by atoms with Crippen LogP contribution in [0.15, 0.2) is 34.3 Å². The molecule has 1 aromatic rings. The third kappa shape index (κ3) is 9.64. The van der Waals surface area contributed by atoms with Crippen LogP contribution < -0.4 is 0 Å². The summed E-state index contributed by atoms with van der Waals surface area (Å²) in [7, 11) is -2.98. The van der Waals surface area contributed by atoms with Gasteiger partial charge < -0.3 is 0 Å². The minimum absolute atomic E-state index is 0.00327. The second kappa shape index (κ2) is 14.2. The third-order valence-electron chi connectivity index (χ3n) is 3.53. The Kier molecular flexibility index (Phi) is 12.8. The summed E-state index contributed by atoms with van der Waals surface area (Å²) in [4.78, 5) is 14.5. The maximum atomic E-state index is 10.8. The first-order valence-corrected chi connectivity index (χ1v) is 12.0. The number of rotatable bonds is 15. The molecule has 1 aromatic carbocycles. The van der Waals surface area contributed by atoms with Crippen LogP contribution >= 0.6 is 31.3 Å². The van der Waals surface area contributed by atoms with Gasteiger partial charge >= 0.3 is 8.09 Å². The predicted molar refractivity (Wildman–Crippen MR) is 116 cm³/mol. The zero-order valence-corrected chi connectivity index (χ0v) is 19.4. The first-order valence-electron chi connectivity index (χ1n) is 9.64. The van der Waals surface area contributed by atoms with E-state index >= 15 is 0 Å². The van der Waals surface area contributed by atoms with Crippen molar-refractivity contribution in [2.24, 2.45) is 10.00 Å². The average molecular weight is 469 g/mol. The summed E-state index contributed by atoms with van der Waals surface area (Å²) in [6.07, 6.45) is 2.64. The fourth-order valence-corrected chi connectivity index (χ4v) is 4.65. The van der Waals surface area contributed by atoms with Crippen molar-refractivity contribution in [1.82, 2.24) is 0 Å². The average Bonchev–Trinajstić information content (AvgIpc) is 2.72. The lowest BCUT2D eigenvalue weighted by Crippen LogP contribution is -2.08. The highest BCUT2D eigenvalue weighted by Gasteiger charge is 2.48. The van der Waals surface area contributed by atoms with Crippen LogP contribution in [0.5, 0.6) is 0 Å². The summed E-state index contributed by atoms with van der Waals surface area (Å²) in [5, 5.41) is 14.4. The van der Waals surface area contributed by atoms with Crippen molar-refractivity contribution in [3.63, 3.8) is 0 Å². The molecule has 11 heteroatoms. The van der Waals surface area contributed by atoms with Crippen LogP contribution in [0.4, 0.5) is 5.69 Å². The van der Waals surface area contributed by atoms with Crippen molar-refractivity contribution in [2.45, 2.75) is 57.3 Å². The number of nitrogens with zero attached hydrogens (tertiary/aromatic N) is 3. The number of nitro groups is 1. The fourth-order valence-electron chi connectivity index (χ4n) is 2.09. The van der Waals surface area contributed by atoms with Gasteiger partial charge in [-0.2, -0.15) is 13.6 Å². The van der Waals surface area contributed by atoms with Crippen LogP contribution in [0.1, 0.15) is 57.4 Å². The zero-order valence-electron chi connectivity index (χ0n) is 17.0. The fraction of sp³-hybridized carbons (Fsp3) is 0.667. The zero-order chi connectivity index (χ0) is 21.7. The summed E-state index contributed by atoms with van der Waals surface area (Å²) in [6, 6.07) is 6.02. The van der Waals surface area contributed by atoms with Crippen molar-refractivity contribution < 1.29 is 18.5 Å². The smallest absolute Gasteiger partial charge is 0.258 e. The largest absolute Gasteiger partial charge is 0.572 e. The first kappa shape index (κ1) is 26.1. The highest BCUT2D eigenvalue weighted by molar-refractivity contribution is 7.59. The second-order valence-electron chi connectivity index (χ2n) is 6.16. The Hall–Kier alpha value is -0.890. The van der Waals surface area contributed by atoms with Gasteiger partial charge in [0.05, 0.1) is 35.0 Å². The van der Waals surface area contributed by atoms with E-state index in [0.29, 0.717) is 25.4 Å². The molecule has 0 aliphatic rings. The Morgan fingerprint density at radius 2 is 1.48 bits per heavy atom. The molecular weight excluding hydrogens is 440 g/mol. The molecule has 29 heavy (non-hydrogen) atoms. The molecule has 0 aromatic heterocycles. The van der Waals surface area contributed by atoms with Crippen molar-refractivity contribution in [1.29, 1.82) is 0 Å². The van der Waals surface area contributed by atoms with Crippen LogP contribution in [-0.2, 0) is 13.6 Å². The lowest BCUT2D eigenvalue weighted by Gasteiger charge is -2.16. The number of halogens is 2. The van der Waals surface area contributed by atoms with Gasteiger partial charge in [0.25, 0.3) is 5.69 Å². The normalized spacial score (nSPS) is 14.2. The highest BCUT2D eigenvalue weighted by atomic mass is 35.5. The maximum absolute atomic E-state index is 10.8. The Morgan fingerprint density at radius 1 is 1.00 bits per heavy atom.